The van der Waals surface area contributed by atoms with Crippen molar-refractivity contribution in [3.8, 4) is 0 Å². The summed E-state index contributed by atoms with van der Waals surface area (Å²) >= 11 is 0. The first-order chi connectivity index (χ1) is 14.1. The van der Waals surface area contributed by atoms with Crippen LogP contribution < -0.4 is 5.32 Å². The molecule has 0 saturated heterocycles. The zero-order valence-corrected chi connectivity index (χ0v) is 17.2. The van der Waals surface area contributed by atoms with E-state index in [0.717, 1.165) is 42.3 Å². The third-order valence-corrected chi connectivity index (χ3v) is 4.90. The van der Waals surface area contributed by atoms with Gasteiger partial charge in [0.25, 0.3) is 5.91 Å². The third kappa shape index (κ3) is 5.23. The van der Waals surface area contributed by atoms with Gasteiger partial charge in [-0.15, -0.1) is 0 Å². The van der Waals surface area contributed by atoms with Crippen LogP contribution in [0.25, 0.3) is 10.8 Å². The Morgan fingerprint density at radius 2 is 1.55 bits per heavy atom. The Balaban J connectivity index is 1.72. The number of anilines is 1. The van der Waals surface area contributed by atoms with Crippen molar-refractivity contribution in [2.24, 2.45) is 0 Å². The van der Waals surface area contributed by atoms with E-state index in [9.17, 15) is 9.59 Å². The smallest absolute Gasteiger partial charge is 0.253 e. The molecule has 4 nitrogen and oxygen atoms in total. The van der Waals surface area contributed by atoms with Crippen molar-refractivity contribution in [3.05, 3.63) is 77.9 Å². The van der Waals surface area contributed by atoms with Crippen LogP contribution in [0.3, 0.4) is 0 Å². The molecule has 0 radical (unpaired) electrons. The second-order valence-electron chi connectivity index (χ2n) is 7.24. The third-order valence-electron chi connectivity index (χ3n) is 4.90. The van der Waals surface area contributed by atoms with E-state index in [0.29, 0.717) is 11.3 Å². The summed E-state index contributed by atoms with van der Waals surface area (Å²) in [6.07, 6.45) is 2.14. The lowest BCUT2D eigenvalue weighted by Gasteiger charge is -2.21. The molecule has 1 N–H and O–H groups in total. The second-order valence-corrected chi connectivity index (χ2v) is 7.24. The number of nitrogens with zero attached hydrogens (tertiary/aromatic N) is 1. The van der Waals surface area contributed by atoms with Gasteiger partial charge in [-0.05, 0) is 47.4 Å². The normalized spacial score (nSPS) is 10.7. The summed E-state index contributed by atoms with van der Waals surface area (Å²) in [5, 5.41) is 5.15. The van der Waals surface area contributed by atoms with Crippen LogP contribution in [0.15, 0.2) is 66.7 Å². The van der Waals surface area contributed by atoms with Gasteiger partial charge in [-0.25, -0.2) is 0 Å². The molecule has 0 heterocycles. The van der Waals surface area contributed by atoms with Crippen molar-refractivity contribution < 1.29 is 9.59 Å². The number of carbonyl (C=O) groups excluding carboxylic acids is 2. The fourth-order valence-electron chi connectivity index (χ4n) is 3.59. The van der Waals surface area contributed by atoms with Crippen molar-refractivity contribution in [1.82, 2.24) is 4.90 Å². The Labute approximate surface area is 172 Å². The number of rotatable bonds is 8. The van der Waals surface area contributed by atoms with Crippen LogP contribution in [0.1, 0.15) is 42.6 Å². The lowest BCUT2D eigenvalue weighted by atomic mass is 10.0. The molecule has 0 saturated carbocycles. The number of amides is 2. The van der Waals surface area contributed by atoms with Gasteiger partial charge < -0.3 is 10.2 Å². The van der Waals surface area contributed by atoms with E-state index in [-0.39, 0.29) is 18.2 Å². The van der Waals surface area contributed by atoms with Crippen LogP contribution in [-0.4, -0.2) is 29.8 Å². The largest absolute Gasteiger partial charge is 0.339 e. The molecule has 2 amide bonds. The molecule has 0 bridgehead atoms. The van der Waals surface area contributed by atoms with Crippen molar-refractivity contribution in [2.45, 2.75) is 33.1 Å². The topological polar surface area (TPSA) is 49.4 Å². The number of hydrogen-bond acceptors (Lipinski definition) is 2. The van der Waals surface area contributed by atoms with E-state index in [1.165, 1.54) is 0 Å². The van der Waals surface area contributed by atoms with Crippen LogP contribution in [0.4, 0.5) is 5.69 Å². The molecule has 0 spiro atoms. The molecule has 0 fully saturated rings. The lowest BCUT2D eigenvalue weighted by Crippen LogP contribution is -2.32. The van der Waals surface area contributed by atoms with Crippen molar-refractivity contribution in [2.75, 3.05) is 18.4 Å². The molecular formula is C25H28N2O2. The summed E-state index contributed by atoms with van der Waals surface area (Å²) < 4.78 is 0. The van der Waals surface area contributed by atoms with Crippen LogP contribution >= 0.6 is 0 Å². The van der Waals surface area contributed by atoms with E-state index in [1.54, 1.807) is 12.1 Å². The number of hydrogen-bond donors (Lipinski definition) is 1. The van der Waals surface area contributed by atoms with E-state index in [4.69, 9.17) is 0 Å². The van der Waals surface area contributed by atoms with Crippen molar-refractivity contribution in [3.63, 3.8) is 0 Å². The molecule has 29 heavy (non-hydrogen) atoms. The van der Waals surface area contributed by atoms with Crippen molar-refractivity contribution in [1.29, 1.82) is 0 Å². The second kappa shape index (κ2) is 9.87. The molecule has 0 aliphatic heterocycles. The summed E-state index contributed by atoms with van der Waals surface area (Å²) in [7, 11) is 0. The van der Waals surface area contributed by atoms with E-state index < -0.39 is 0 Å². The quantitative estimate of drug-likeness (QED) is 0.570. The minimum atomic E-state index is -0.0927. The molecule has 0 atom stereocenters. The molecule has 0 aliphatic carbocycles. The highest BCUT2D eigenvalue weighted by molar-refractivity contribution is 5.99. The van der Waals surface area contributed by atoms with Crippen LogP contribution in [0.5, 0.6) is 0 Å². The monoisotopic (exact) mass is 388 g/mol. The lowest BCUT2D eigenvalue weighted by molar-refractivity contribution is -0.115. The highest BCUT2D eigenvalue weighted by Gasteiger charge is 2.15. The van der Waals surface area contributed by atoms with Gasteiger partial charge in [-0.2, -0.15) is 0 Å². The minimum Gasteiger partial charge on any atom is -0.339 e. The average molecular weight is 389 g/mol. The average Bonchev–Trinajstić information content (AvgIpc) is 2.73. The van der Waals surface area contributed by atoms with Crippen LogP contribution in [-0.2, 0) is 11.2 Å². The number of fused-ring (bicyclic) bond motifs is 1. The highest BCUT2D eigenvalue weighted by atomic mass is 16.2. The SMILES string of the molecule is CCCN(CCC)C(=O)c1cccc(NC(=O)Cc2cccc3ccccc23)c1. The Bertz CT molecular complexity index is 986. The molecule has 3 aromatic rings. The number of nitrogens with one attached hydrogen (secondary N) is 1. The Morgan fingerprint density at radius 3 is 2.31 bits per heavy atom. The van der Waals surface area contributed by atoms with E-state index in [2.05, 4.69) is 19.2 Å². The first-order valence-electron chi connectivity index (χ1n) is 10.3. The summed E-state index contributed by atoms with van der Waals surface area (Å²) in [6.45, 7) is 5.62. The first-order valence-corrected chi connectivity index (χ1v) is 10.3. The molecule has 4 heteroatoms. The molecular weight excluding hydrogens is 360 g/mol. The Kier molecular flexibility index (Phi) is 7.01. The maximum absolute atomic E-state index is 12.8. The zero-order chi connectivity index (χ0) is 20.6. The number of benzene rings is 3. The zero-order valence-electron chi connectivity index (χ0n) is 17.2. The summed E-state index contributed by atoms with van der Waals surface area (Å²) in [6, 6.07) is 21.3. The van der Waals surface area contributed by atoms with Gasteiger partial charge in [0.05, 0.1) is 6.42 Å². The summed E-state index contributed by atoms with van der Waals surface area (Å²) in [4.78, 5) is 27.3. The first kappa shape index (κ1) is 20.6. The van der Waals surface area contributed by atoms with Crippen molar-refractivity contribution >= 4 is 28.3 Å². The maximum atomic E-state index is 12.8. The molecule has 150 valence electrons. The van der Waals surface area contributed by atoms with Gasteiger partial charge in [-0.3, -0.25) is 9.59 Å². The van der Waals surface area contributed by atoms with Crippen LogP contribution in [0.2, 0.25) is 0 Å². The standard InChI is InChI=1S/C25H28N2O2/c1-3-15-27(16-4-2)25(29)21-12-8-13-22(17-21)26-24(28)18-20-11-7-10-19-9-5-6-14-23(19)20/h5-14,17H,3-4,15-16,18H2,1-2H3,(H,26,28). The predicted molar refractivity (Wildman–Crippen MR) is 119 cm³/mol. The van der Waals surface area contributed by atoms with E-state index in [1.807, 2.05) is 59.5 Å². The highest BCUT2D eigenvalue weighted by Crippen LogP contribution is 2.20. The Hall–Kier alpha value is -3.14. The minimum absolute atomic E-state index is 0.0128. The summed E-state index contributed by atoms with van der Waals surface area (Å²) in [5.41, 5.74) is 2.24. The van der Waals surface area contributed by atoms with Gasteiger partial charge in [-0.1, -0.05) is 62.4 Å². The molecule has 0 aliphatic rings. The van der Waals surface area contributed by atoms with Gasteiger partial charge in [0.1, 0.15) is 0 Å². The van der Waals surface area contributed by atoms with E-state index >= 15 is 0 Å². The fraction of sp³-hybridized carbons (Fsp3) is 0.280. The van der Waals surface area contributed by atoms with Crippen LogP contribution in [0, 0.1) is 0 Å². The molecule has 0 aromatic heterocycles. The van der Waals surface area contributed by atoms with Gasteiger partial charge in [0.15, 0.2) is 0 Å². The number of carbonyl (C=O) groups is 2. The van der Waals surface area contributed by atoms with Gasteiger partial charge >= 0.3 is 0 Å². The molecule has 3 aromatic carbocycles. The molecule has 0 unspecified atom stereocenters. The summed E-state index contributed by atoms with van der Waals surface area (Å²) in [5.74, 6) is -0.0798. The van der Waals surface area contributed by atoms with Gasteiger partial charge in [0.2, 0.25) is 5.91 Å². The maximum Gasteiger partial charge on any atom is 0.253 e. The van der Waals surface area contributed by atoms with Gasteiger partial charge in [0, 0.05) is 24.3 Å². The Morgan fingerprint density at radius 1 is 0.862 bits per heavy atom. The fourth-order valence-corrected chi connectivity index (χ4v) is 3.59. The molecule has 3 rings (SSSR count). The predicted octanol–water partition coefficient (Wildman–Crippen LogP) is 5.28.